The minimum absolute atomic E-state index is 0.131. The second-order valence-corrected chi connectivity index (χ2v) is 5.88. The van der Waals surface area contributed by atoms with E-state index in [-0.39, 0.29) is 11.5 Å². The zero-order valence-electron chi connectivity index (χ0n) is 14.5. The normalized spacial score (nSPS) is 10.5. The van der Waals surface area contributed by atoms with E-state index in [0.717, 1.165) is 6.08 Å². The van der Waals surface area contributed by atoms with Gasteiger partial charge in [-0.2, -0.15) is 0 Å². The van der Waals surface area contributed by atoms with Crippen LogP contribution in [0, 0.1) is 0 Å². The molecule has 0 bridgehead atoms. The van der Waals surface area contributed by atoms with Crippen LogP contribution < -0.4 is 10.1 Å². The Labute approximate surface area is 151 Å². The molecule has 0 atom stereocenters. The van der Waals surface area contributed by atoms with Gasteiger partial charge in [-0.15, -0.1) is 0 Å². The van der Waals surface area contributed by atoms with Crippen LogP contribution in [0.3, 0.4) is 0 Å². The summed E-state index contributed by atoms with van der Waals surface area (Å²) in [7, 11) is 0. The summed E-state index contributed by atoms with van der Waals surface area (Å²) in [4.78, 5) is 35.5. The summed E-state index contributed by atoms with van der Waals surface area (Å²) in [5.74, 6) is -0.398. The molecule has 1 N–H and O–H groups in total. The summed E-state index contributed by atoms with van der Waals surface area (Å²) in [5, 5.41) is 2.44. The molecule has 0 saturated carbocycles. The van der Waals surface area contributed by atoms with E-state index in [1.807, 2.05) is 6.07 Å². The molecule has 26 heavy (non-hydrogen) atoms. The molecule has 0 aliphatic heterocycles. The Balaban J connectivity index is 1.98. The fourth-order valence-corrected chi connectivity index (χ4v) is 2.13. The number of ketones is 1. The van der Waals surface area contributed by atoms with Gasteiger partial charge in [-0.25, -0.2) is 4.79 Å². The van der Waals surface area contributed by atoms with Gasteiger partial charge in [-0.05, 0) is 44.2 Å². The first-order chi connectivity index (χ1) is 12.3. The van der Waals surface area contributed by atoms with Gasteiger partial charge in [0.25, 0.3) is 0 Å². The summed E-state index contributed by atoms with van der Waals surface area (Å²) < 4.78 is 10.1. The number of amides is 1. The molecule has 0 spiro atoms. The standard InChI is InChI=1S/C20H19NO5/c1-4-17(22)21-20(2,3)26-19(24)25-16-12-10-15(11-13-16)18(23)14-8-6-5-7-9-14/h4-13H,1H2,2-3H3,(H,21,22). The van der Waals surface area contributed by atoms with Crippen molar-refractivity contribution in [3.8, 4) is 5.75 Å². The lowest BCUT2D eigenvalue weighted by atomic mass is 10.0. The molecule has 2 aromatic carbocycles. The van der Waals surface area contributed by atoms with E-state index in [2.05, 4.69) is 11.9 Å². The quantitative estimate of drug-likeness (QED) is 0.283. The van der Waals surface area contributed by atoms with Crippen LogP contribution in [0.4, 0.5) is 4.79 Å². The number of hydrogen-bond acceptors (Lipinski definition) is 5. The zero-order valence-corrected chi connectivity index (χ0v) is 14.5. The number of benzene rings is 2. The van der Waals surface area contributed by atoms with Gasteiger partial charge in [-0.3, -0.25) is 9.59 Å². The molecular formula is C20H19NO5. The highest BCUT2D eigenvalue weighted by Gasteiger charge is 2.25. The van der Waals surface area contributed by atoms with Gasteiger partial charge < -0.3 is 14.8 Å². The Morgan fingerprint density at radius 1 is 0.962 bits per heavy atom. The first kappa shape index (κ1) is 18.9. The van der Waals surface area contributed by atoms with Gasteiger partial charge in [0.05, 0.1) is 0 Å². The van der Waals surface area contributed by atoms with Crippen LogP contribution in [-0.4, -0.2) is 23.6 Å². The van der Waals surface area contributed by atoms with Gasteiger partial charge in [0.15, 0.2) is 11.5 Å². The van der Waals surface area contributed by atoms with Crippen molar-refractivity contribution in [2.45, 2.75) is 19.6 Å². The van der Waals surface area contributed by atoms with Gasteiger partial charge in [0, 0.05) is 11.1 Å². The van der Waals surface area contributed by atoms with Gasteiger partial charge in [0.2, 0.25) is 5.91 Å². The van der Waals surface area contributed by atoms with Crippen molar-refractivity contribution in [2.75, 3.05) is 0 Å². The smallest absolute Gasteiger partial charge is 0.408 e. The molecule has 0 aliphatic rings. The molecular weight excluding hydrogens is 334 g/mol. The highest BCUT2D eigenvalue weighted by Crippen LogP contribution is 2.17. The second kappa shape index (κ2) is 8.11. The third-order valence-corrected chi connectivity index (χ3v) is 3.30. The van der Waals surface area contributed by atoms with Crippen LogP contribution in [0.1, 0.15) is 29.8 Å². The maximum Gasteiger partial charge on any atom is 0.515 e. The molecule has 6 nitrogen and oxygen atoms in total. The van der Waals surface area contributed by atoms with Crippen LogP contribution in [0.2, 0.25) is 0 Å². The molecule has 0 heterocycles. The van der Waals surface area contributed by atoms with E-state index in [0.29, 0.717) is 11.1 Å². The minimum atomic E-state index is -1.26. The topological polar surface area (TPSA) is 81.7 Å². The summed E-state index contributed by atoms with van der Waals surface area (Å²) >= 11 is 0. The summed E-state index contributed by atoms with van der Waals surface area (Å²) in [6.07, 6.45) is 0.0836. The largest absolute Gasteiger partial charge is 0.515 e. The van der Waals surface area contributed by atoms with E-state index < -0.39 is 17.8 Å². The van der Waals surface area contributed by atoms with Crippen molar-refractivity contribution in [2.24, 2.45) is 0 Å². The van der Waals surface area contributed by atoms with E-state index in [9.17, 15) is 14.4 Å². The number of hydrogen-bond donors (Lipinski definition) is 1. The first-order valence-corrected chi connectivity index (χ1v) is 7.86. The van der Waals surface area contributed by atoms with Crippen molar-refractivity contribution in [3.63, 3.8) is 0 Å². The number of carbonyl (C=O) groups excluding carboxylic acids is 3. The molecule has 0 aromatic heterocycles. The molecule has 0 saturated heterocycles. The predicted molar refractivity (Wildman–Crippen MR) is 95.8 cm³/mol. The summed E-state index contributed by atoms with van der Waals surface area (Å²) in [5.41, 5.74) is -0.221. The van der Waals surface area contributed by atoms with Crippen LogP contribution >= 0.6 is 0 Å². The Kier molecular flexibility index (Phi) is 5.90. The van der Waals surface area contributed by atoms with E-state index in [1.165, 1.54) is 26.0 Å². The second-order valence-electron chi connectivity index (χ2n) is 5.88. The van der Waals surface area contributed by atoms with Crippen molar-refractivity contribution in [3.05, 3.63) is 78.4 Å². The van der Waals surface area contributed by atoms with E-state index in [1.54, 1.807) is 36.4 Å². The fraction of sp³-hybridized carbons (Fsp3) is 0.150. The summed E-state index contributed by atoms with van der Waals surface area (Å²) in [6, 6.07) is 15.0. The van der Waals surface area contributed by atoms with E-state index >= 15 is 0 Å². The van der Waals surface area contributed by atoms with Gasteiger partial charge >= 0.3 is 6.16 Å². The molecule has 6 heteroatoms. The lowest BCUT2D eigenvalue weighted by molar-refractivity contribution is -0.123. The predicted octanol–water partition coefficient (Wildman–Crippen LogP) is 3.47. The van der Waals surface area contributed by atoms with Crippen LogP contribution in [0.25, 0.3) is 0 Å². The maximum atomic E-state index is 12.3. The van der Waals surface area contributed by atoms with E-state index in [4.69, 9.17) is 9.47 Å². The molecule has 2 rings (SSSR count). The van der Waals surface area contributed by atoms with Gasteiger partial charge in [0.1, 0.15) is 5.75 Å². The zero-order chi connectivity index (χ0) is 19.2. The Hall–Kier alpha value is -3.41. The van der Waals surface area contributed by atoms with Crippen LogP contribution in [0.5, 0.6) is 5.75 Å². The average molecular weight is 353 g/mol. The number of ether oxygens (including phenoxy) is 2. The molecule has 134 valence electrons. The Bertz CT molecular complexity index is 810. The van der Waals surface area contributed by atoms with Crippen molar-refractivity contribution in [1.29, 1.82) is 0 Å². The van der Waals surface area contributed by atoms with Crippen molar-refractivity contribution in [1.82, 2.24) is 5.32 Å². The fourth-order valence-electron chi connectivity index (χ4n) is 2.13. The lowest BCUT2D eigenvalue weighted by Gasteiger charge is -2.24. The minimum Gasteiger partial charge on any atom is -0.408 e. The summed E-state index contributed by atoms with van der Waals surface area (Å²) in [6.45, 7) is 6.32. The highest BCUT2D eigenvalue weighted by molar-refractivity contribution is 6.09. The molecule has 0 unspecified atom stereocenters. The maximum absolute atomic E-state index is 12.3. The van der Waals surface area contributed by atoms with Gasteiger partial charge in [-0.1, -0.05) is 36.9 Å². The SMILES string of the molecule is C=CC(=O)NC(C)(C)OC(=O)Oc1ccc(C(=O)c2ccccc2)cc1. The molecule has 2 aromatic rings. The van der Waals surface area contributed by atoms with Crippen LogP contribution in [-0.2, 0) is 9.53 Å². The highest BCUT2D eigenvalue weighted by atomic mass is 16.7. The van der Waals surface area contributed by atoms with Crippen LogP contribution in [0.15, 0.2) is 67.3 Å². The third-order valence-electron chi connectivity index (χ3n) is 3.30. The Morgan fingerprint density at radius 3 is 2.12 bits per heavy atom. The third kappa shape index (κ3) is 5.31. The average Bonchev–Trinajstić information content (AvgIpc) is 2.61. The molecule has 1 amide bonds. The first-order valence-electron chi connectivity index (χ1n) is 7.86. The molecule has 0 aliphatic carbocycles. The monoisotopic (exact) mass is 353 g/mol. The molecule has 0 radical (unpaired) electrons. The molecule has 0 fully saturated rings. The number of carbonyl (C=O) groups is 3. The lowest BCUT2D eigenvalue weighted by Crippen LogP contribution is -2.46. The van der Waals surface area contributed by atoms with Crippen molar-refractivity contribution < 1.29 is 23.9 Å². The van der Waals surface area contributed by atoms with Crippen molar-refractivity contribution >= 4 is 17.8 Å². The number of rotatable bonds is 6. The number of nitrogens with one attached hydrogen (secondary N) is 1. The Morgan fingerprint density at radius 2 is 1.54 bits per heavy atom.